The maximum atomic E-state index is 13.0. The second kappa shape index (κ2) is 6.35. The van der Waals surface area contributed by atoms with Crippen molar-refractivity contribution in [2.45, 2.75) is 25.4 Å². The number of imide groups is 1. The predicted molar refractivity (Wildman–Crippen MR) is 90.6 cm³/mol. The number of non-ortho nitro benzene ring substituents is 1. The standard InChI is InChI=1S/C18H17N3O4/c1-2-18(14-8-4-3-5-9-14)16(22)20(17(23)19-18)12-13-7-6-10-15(11-13)21(24)25/h3-11H,2,12H2,1H3,(H,19,23)/t18-/m1/s1. The van der Waals surface area contributed by atoms with Crippen molar-refractivity contribution in [1.82, 2.24) is 10.2 Å². The molecule has 0 saturated carbocycles. The van der Waals surface area contributed by atoms with E-state index in [1.807, 2.05) is 25.1 Å². The Morgan fingerprint density at radius 1 is 1.12 bits per heavy atom. The van der Waals surface area contributed by atoms with E-state index in [9.17, 15) is 19.7 Å². The van der Waals surface area contributed by atoms with Gasteiger partial charge in [-0.05, 0) is 17.5 Å². The lowest BCUT2D eigenvalue weighted by atomic mass is 9.87. The SMILES string of the molecule is CC[C@]1(c2ccccc2)NC(=O)N(Cc2cccc([N+](=O)[O-])c2)C1=O. The number of amides is 3. The number of nitro groups is 1. The number of carbonyl (C=O) groups is 2. The lowest BCUT2D eigenvalue weighted by Gasteiger charge is -2.25. The Kier molecular flexibility index (Phi) is 4.22. The Hall–Kier alpha value is -3.22. The number of benzene rings is 2. The molecule has 128 valence electrons. The van der Waals surface area contributed by atoms with Gasteiger partial charge in [-0.2, -0.15) is 0 Å². The molecule has 25 heavy (non-hydrogen) atoms. The van der Waals surface area contributed by atoms with Crippen LogP contribution in [-0.2, 0) is 16.9 Å². The van der Waals surface area contributed by atoms with Crippen molar-refractivity contribution in [3.63, 3.8) is 0 Å². The molecule has 0 spiro atoms. The van der Waals surface area contributed by atoms with Gasteiger partial charge in [-0.3, -0.25) is 19.8 Å². The number of rotatable bonds is 5. The fraction of sp³-hybridized carbons (Fsp3) is 0.222. The molecular weight excluding hydrogens is 322 g/mol. The van der Waals surface area contributed by atoms with Gasteiger partial charge in [0.2, 0.25) is 0 Å². The summed E-state index contributed by atoms with van der Waals surface area (Å²) in [6, 6.07) is 14.5. The highest BCUT2D eigenvalue weighted by Crippen LogP contribution is 2.33. The molecule has 1 heterocycles. The molecule has 0 bridgehead atoms. The van der Waals surface area contributed by atoms with Crippen LogP contribution >= 0.6 is 0 Å². The maximum absolute atomic E-state index is 13.0. The Balaban J connectivity index is 1.91. The molecule has 1 aliphatic rings. The van der Waals surface area contributed by atoms with Gasteiger partial charge in [-0.1, -0.05) is 49.4 Å². The zero-order chi connectivity index (χ0) is 18.0. The molecule has 7 nitrogen and oxygen atoms in total. The van der Waals surface area contributed by atoms with Crippen LogP contribution in [0.4, 0.5) is 10.5 Å². The summed E-state index contributed by atoms with van der Waals surface area (Å²) in [7, 11) is 0. The fourth-order valence-corrected chi connectivity index (χ4v) is 3.08. The molecule has 0 aliphatic carbocycles. The Labute approximate surface area is 144 Å². The topological polar surface area (TPSA) is 92.6 Å². The minimum absolute atomic E-state index is 0.0130. The van der Waals surface area contributed by atoms with Crippen LogP contribution in [0.25, 0.3) is 0 Å². The van der Waals surface area contributed by atoms with Crippen LogP contribution < -0.4 is 5.32 Å². The van der Waals surface area contributed by atoms with Crippen LogP contribution in [0.15, 0.2) is 54.6 Å². The summed E-state index contributed by atoms with van der Waals surface area (Å²) in [5.41, 5.74) is 0.0726. The van der Waals surface area contributed by atoms with Crippen molar-refractivity contribution >= 4 is 17.6 Å². The number of nitrogens with one attached hydrogen (secondary N) is 1. The van der Waals surface area contributed by atoms with E-state index in [4.69, 9.17) is 0 Å². The van der Waals surface area contributed by atoms with Crippen LogP contribution in [0.2, 0.25) is 0 Å². The Morgan fingerprint density at radius 3 is 2.48 bits per heavy atom. The highest BCUT2D eigenvalue weighted by Gasteiger charge is 2.51. The number of nitrogens with zero attached hydrogens (tertiary/aromatic N) is 2. The van der Waals surface area contributed by atoms with Crippen molar-refractivity contribution in [3.8, 4) is 0 Å². The molecule has 2 aromatic carbocycles. The smallest absolute Gasteiger partial charge is 0.319 e. The summed E-state index contributed by atoms with van der Waals surface area (Å²) < 4.78 is 0. The van der Waals surface area contributed by atoms with Crippen LogP contribution in [0.5, 0.6) is 0 Å². The van der Waals surface area contributed by atoms with E-state index in [1.54, 1.807) is 18.2 Å². The average Bonchev–Trinajstić information content (AvgIpc) is 2.88. The fourth-order valence-electron chi connectivity index (χ4n) is 3.08. The minimum atomic E-state index is -1.10. The molecule has 1 N–H and O–H groups in total. The summed E-state index contributed by atoms with van der Waals surface area (Å²) in [6.45, 7) is 1.82. The molecule has 0 unspecified atom stereocenters. The van der Waals surface area contributed by atoms with Gasteiger partial charge in [0, 0.05) is 12.1 Å². The molecule has 0 aromatic heterocycles. The lowest BCUT2D eigenvalue weighted by Crippen LogP contribution is -2.43. The summed E-state index contributed by atoms with van der Waals surface area (Å²) in [5.74, 6) is -0.349. The first kappa shape index (κ1) is 16.6. The second-order valence-electron chi connectivity index (χ2n) is 5.87. The van der Waals surface area contributed by atoms with Crippen molar-refractivity contribution in [2.75, 3.05) is 0 Å². The number of hydrogen-bond acceptors (Lipinski definition) is 4. The molecule has 3 rings (SSSR count). The molecule has 2 aromatic rings. The Morgan fingerprint density at radius 2 is 1.84 bits per heavy atom. The molecule has 1 aliphatic heterocycles. The van der Waals surface area contributed by atoms with Gasteiger partial charge in [0.05, 0.1) is 11.5 Å². The van der Waals surface area contributed by atoms with Crippen molar-refractivity contribution in [3.05, 3.63) is 75.8 Å². The average molecular weight is 339 g/mol. The summed E-state index contributed by atoms with van der Waals surface area (Å²) in [5, 5.41) is 13.7. The zero-order valence-electron chi connectivity index (χ0n) is 13.6. The Bertz CT molecular complexity index is 837. The van der Waals surface area contributed by atoms with Crippen molar-refractivity contribution in [1.29, 1.82) is 0 Å². The van der Waals surface area contributed by atoms with Crippen molar-refractivity contribution in [2.24, 2.45) is 0 Å². The van der Waals surface area contributed by atoms with E-state index in [-0.39, 0.29) is 18.1 Å². The van der Waals surface area contributed by atoms with E-state index < -0.39 is 16.5 Å². The van der Waals surface area contributed by atoms with Gasteiger partial charge >= 0.3 is 6.03 Å². The number of nitro benzene ring substituents is 1. The van der Waals surface area contributed by atoms with Crippen LogP contribution in [0.3, 0.4) is 0 Å². The molecule has 1 atom stereocenters. The van der Waals surface area contributed by atoms with Gasteiger partial charge in [0.15, 0.2) is 0 Å². The number of urea groups is 1. The second-order valence-corrected chi connectivity index (χ2v) is 5.87. The van der Waals surface area contributed by atoms with Crippen LogP contribution in [-0.4, -0.2) is 21.8 Å². The zero-order valence-corrected chi connectivity index (χ0v) is 13.6. The van der Waals surface area contributed by atoms with Gasteiger partial charge in [-0.15, -0.1) is 0 Å². The first-order valence-corrected chi connectivity index (χ1v) is 7.91. The molecule has 1 saturated heterocycles. The van der Waals surface area contributed by atoms with Gasteiger partial charge in [0.1, 0.15) is 5.54 Å². The van der Waals surface area contributed by atoms with Crippen LogP contribution in [0, 0.1) is 10.1 Å². The largest absolute Gasteiger partial charge is 0.325 e. The first-order chi connectivity index (χ1) is 12.0. The maximum Gasteiger partial charge on any atom is 0.325 e. The van der Waals surface area contributed by atoms with Crippen molar-refractivity contribution < 1.29 is 14.5 Å². The normalized spacial score (nSPS) is 19.8. The molecule has 7 heteroatoms. The van der Waals surface area contributed by atoms with E-state index in [2.05, 4.69) is 5.32 Å². The minimum Gasteiger partial charge on any atom is -0.319 e. The summed E-state index contributed by atoms with van der Waals surface area (Å²) in [6.07, 6.45) is 0.410. The van der Waals surface area contributed by atoms with Gasteiger partial charge < -0.3 is 5.32 Å². The molecule has 3 amide bonds. The quantitative estimate of drug-likeness (QED) is 0.515. The van der Waals surface area contributed by atoms with Gasteiger partial charge in [0.25, 0.3) is 11.6 Å². The van der Waals surface area contributed by atoms with Crippen LogP contribution in [0.1, 0.15) is 24.5 Å². The number of hydrogen-bond donors (Lipinski definition) is 1. The molecule has 1 fully saturated rings. The summed E-state index contributed by atoms with van der Waals surface area (Å²) in [4.78, 5) is 36.9. The number of carbonyl (C=O) groups excluding carboxylic acids is 2. The third-order valence-corrected chi connectivity index (χ3v) is 4.43. The molecule has 0 radical (unpaired) electrons. The third kappa shape index (κ3) is 2.84. The van der Waals surface area contributed by atoms with Gasteiger partial charge in [-0.25, -0.2) is 4.79 Å². The monoisotopic (exact) mass is 339 g/mol. The van der Waals surface area contributed by atoms with E-state index in [0.717, 1.165) is 10.5 Å². The first-order valence-electron chi connectivity index (χ1n) is 7.91. The van der Waals surface area contributed by atoms with E-state index >= 15 is 0 Å². The highest BCUT2D eigenvalue weighted by atomic mass is 16.6. The predicted octanol–water partition coefficient (Wildman–Crippen LogP) is 2.95. The highest BCUT2D eigenvalue weighted by molar-refractivity contribution is 6.07. The van der Waals surface area contributed by atoms with E-state index in [0.29, 0.717) is 12.0 Å². The van der Waals surface area contributed by atoms with E-state index in [1.165, 1.54) is 18.2 Å². The molecular formula is C18H17N3O4. The lowest BCUT2D eigenvalue weighted by molar-refractivity contribution is -0.384. The summed E-state index contributed by atoms with van der Waals surface area (Å²) >= 11 is 0. The third-order valence-electron chi connectivity index (χ3n) is 4.43.